The maximum absolute atomic E-state index is 13.0. The summed E-state index contributed by atoms with van der Waals surface area (Å²) in [5.74, 6) is 0.0795. The van der Waals surface area contributed by atoms with E-state index in [1.165, 1.54) is 12.1 Å². The number of benzene rings is 3. The van der Waals surface area contributed by atoms with Gasteiger partial charge in [0.25, 0.3) is 10.0 Å². The van der Waals surface area contributed by atoms with Crippen molar-refractivity contribution in [2.24, 2.45) is 0 Å². The Hall–Kier alpha value is -4.08. The molecule has 3 aromatic carbocycles. The van der Waals surface area contributed by atoms with E-state index in [0.717, 1.165) is 47.3 Å². The number of nitrogens with zero attached hydrogens (tertiary/aromatic N) is 3. The average Bonchev–Trinajstić information content (AvgIpc) is 3.00. The second kappa shape index (κ2) is 13.5. The minimum atomic E-state index is -3.87. The first-order valence-electron chi connectivity index (χ1n) is 14.4. The number of nitrogens with one attached hydrogen (secondary N) is 1. The molecule has 8 nitrogen and oxygen atoms in total. The van der Waals surface area contributed by atoms with Crippen LogP contribution in [0.25, 0.3) is 22.5 Å². The van der Waals surface area contributed by atoms with Gasteiger partial charge in [0.15, 0.2) is 5.82 Å². The van der Waals surface area contributed by atoms with Crippen LogP contribution in [-0.2, 0) is 26.0 Å². The Bertz CT molecular complexity index is 1710. The topological polar surface area (TPSA) is 109 Å². The second-order valence-electron chi connectivity index (χ2n) is 10.6. The van der Waals surface area contributed by atoms with E-state index < -0.39 is 15.9 Å². The summed E-state index contributed by atoms with van der Waals surface area (Å²) in [7, 11) is -3.87. The number of anilines is 1. The van der Waals surface area contributed by atoms with Gasteiger partial charge in [0, 0.05) is 42.0 Å². The Morgan fingerprint density at radius 2 is 1.47 bits per heavy atom. The highest BCUT2D eigenvalue weighted by Crippen LogP contribution is 2.35. The molecule has 0 spiro atoms. The number of carbonyl (C=O) groups is 2. The fourth-order valence-corrected chi connectivity index (χ4v) is 6.21. The second-order valence-corrected chi connectivity index (χ2v) is 12.7. The number of hydrogen-bond acceptors (Lipinski definition) is 6. The normalized spacial score (nSPS) is 13.1. The van der Waals surface area contributed by atoms with Crippen molar-refractivity contribution in [1.82, 2.24) is 14.7 Å². The number of carbonyl (C=O) groups excluding carboxylic acids is 2. The summed E-state index contributed by atoms with van der Waals surface area (Å²) in [6.07, 6.45) is 3.76. The summed E-state index contributed by atoms with van der Waals surface area (Å²) < 4.78 is 26.8. The molecule has 2 heterocycles. The van der Waals surface area contributed by atoms with E-state index in [1.54, 1.807) is 23.1 Å². The van der Waals surface area contributed by atoms with Crippen LogP contribution in [0.5, 0.6) is 0 Å². The molecule has 222 valence electrons. The highest BCUT2D eigenvalue weighted by molar-refractivity contribution is 7.90. The number of rotatable bonds is 11. The van der Waals surface area contributed by atoms with Crippen molar-refractivity contribution >= 4 is 39.3 Å². The molecule has 0 bridgehead atoms. The van der Waals surface area contributed by atoms with Gasteiger partial charge in [-0.3, -0.25) is 14.5 Å². The lowest BCUT2D eigenvalue weighted by molar-refractivity contribution is -0.120. The fraction of sp³-hybridized carbons (Fsp3) is 0.273. The number of fused-ring (bicyclic) bond motifs is 1. The van der Waals surface area contributed by atoms with Gasteiger partial charge in [0.05, 0.1) is 22.0 Å². The molecule has 0 aliphatic carbocycles. The monoisotopic (exact) mass is 616 g/mol. The number of aryl methyl sites for hydroxylation is 2. The first-order valence-corrected chi connectivity index (χ1v) is 16.2. The zero-order valence-electron chi connectivity index (χ0n) is 23.9. The third-order valence-corrected chi connectivity index (χ3v) is 9.00. The third-order valence-electron chi connectivity index (χ3n) is 7.36. The van der Waals surface area contributed by atoms with Crippen molar-refractivity contribution in [1.29, 1.82) is 0 Å². The van der Waals surface area contributed by atoms with Crippen LogP contribution < -0.4 is 9.62 Å². The first-order chi connectivity index (χ1) is 20.7. The maximum atomic E-state index is 13.0. The van der Waals surface area contributed by atoms with E-state index in [4.69, 9.17) is 21.6 Å². The highest BCUT2D eigenvalue weighted by atomic mass is 35.5. The molecule has 5 rings (SSSR count). The van der Waals surface area contributed by atoms with Gasteiger partial charge in [-0.1, -0.05) is 84.6 Å². The molecule has 0 unspecified atom stereocenters. The minimum Gasteiger partial charge on any atom is -0.295 e. The Morgan fingerprint density at radius 1 is 0.837 bits per heavy atom. The van der Waals surface area contributed by atoms with Crippen molar-refractivity contribution in [3.8, 4) is 22.5 Å². The van der Waals surface area contributed by atoms with Crippen LogP contribution in [0.15, 0.2) is 83.8 Å². The lowest BCUT2D eigenvalue weighted by atomic mass is 10.0. The van der Waals surface area contributed by atoms with Crippen LogP contribution >= 0.6 is 11.6 Å². The van der Waals surface area contributed by atoms with Gasteiger partial charge in [-0.05, 0) is 44.0 Å². The Labute approximate surface area is 257 Å². The number of unbranched alkanes of at least 4 members (excludes halogenated alkanes) is 3. The summed E-state index contributed by atoms with van der Waals surface area (Å²) >= 11 is 6.14. The molecule has 1 aliphatic heterocycles. The quantitative estimate of drug-likeness (QED) is 0.193. The first kappa shape index (κ1) is 30.4. The molecule has 0 fully saturated rings. The van der Waals surface area contributed by atoms with Gasteiger partial charge in [-0.2, -0.15) is 0 Å². The molecule has 1 aliphatic rings. The van der Waals surface area contributed by atoms with Gasteiger partial charge in [-0.15, -0.1) is 0 Å². The van der Waals surface area contributed by atoms with E-state index in [1.807, 2.05) is 55.5 Å². The molecule has 2 amide bonds. The maximum Gasteiger partial charge on any atom is 0.264 e. The van der Waals surface area contributed by atoms with Gasteiger partial charge in [-0.25, -0.2) is 23.1 Å². The smallest absolute Gasteiger partial charge is 0.264 e. The summed E-state index contributed by atoms with van der Waals surface area (Å²) in [5, 5.41) is 0.640. The van der Waals surface area contributed by atoms with Gasteiger partial charge in [0.1, 0.15) is 0 Å². The summed E-state index contributed by atoms with van der Waals surface area (Å²) in [5.41, 5.74) is 5.19. The molecular weight excluding hydrogens is 584 g/mol. The lowest BCUT2D eigenvalue weighted by Crippen LogP contribution is -2.37. The number of halogens is 1. The van der Waals surface area contributed by atoms with Crippen molar-refractivity contribution < 1.29 is 18.0 Å². The molecule has 1 aromatic heterocycles. The predicted octanol–water partition coefficient (Wildman–Crippen LogP) is 6.51. The summed E-state index contributed by atoms with van der Waals surface area (Å²) in [6, 6.07) is 23.4. The third kappa shape index (κ3) is 7.47. The van der Waals surface area contributed by atoms with Crippen LogP contribution in [0.4, 0.5) is 5.82 Å². The molecular formula is C33H33ClN4O4S. The molecule has 0 atom stereocenters. The number of sulfonamides is 1. The molecule has 0 saturated heterocycles. The zero-order chi connectivity index (χ0) is 30.4. The van der Waals surface area contributed by atoms with Gasteiger partial charge >= 0.3 is 0 Å². The molecule has 1 N–H and O–H groups in total. The van der Waals surface area contributed by atoms with Crippen LogP contribution in [-0.4, -0.2) is 36.7 Å². The fourth-order valence-electron chi connectivity index (χ4n) is 5.04. The zero-order valence-corrected chi connectivity index (χ0v) is 25.5. The van der Waals surface area contributed by atoms with Crippen molar-refractivity contribution in [2.75, 3.05) is 11.4 Å². The van der Waals surface area contributed by atoms with E-state index in [9.17, 15) is 18.0 Å². The average molecular weight is 617 g/mol. The molecule has 4 aromatic rings. The number of amides is 2. The SMILES string of the molecule is Cc1ccc(-c2nc3c(nc2-c2ccc(Cl)cc2)CCC(=O)N3CCCCCCC(=O)NS(=O)(=O)c2ccccc2)cc1. The minimum absolute atomic E-state index is 0.0152. The molecule has 0 radical (unpaired) electrons. The standard InChI is InChI=1S/C33H33ClN4O4S/c1-23-12-14-24(15-13-23)32-31(25-16-18-26(34)19-17-25)35-28-20-21-30(40)38(33(28)36-32)22-8-3-2-7-11-29(39)37-43(41,42)27-9-5-4-6-10-27/h4-6,9-10,12-19H,2-3,7-8,11,20-22H2,1H3,(H,37,39). The van der Waals surface area contributed by atoms with E-state index in [0.29, 0.717) is 42.3 Å². The van der Waals surface area contributed by atoms with Gasteiger partial charge < -0.3 is 0 Å². The Morgan fingerprint density at radius 3 is 2.16 bits per heavy atom. The molecule has 0 saturated carbocycles. The van der Waals surface area contributed by atoms with Crippen LogP contribution in [0, 0.1) is 6.92 Å². The van der Waals surface area contributed by atoms with E-state index >= 15 is 0 Å². The van der Waals surface area contributed by atoms with Crippen molar-refractivity contribution in [3.63, 3.8) is 0 Å². The summed E-state index contributed by atoms with van der Waals surface area (Å²) in [4.78, 5) is 37.1. The predicted molar refractivity (Wildman–Crippen MR) is 168 cm³/mol. The summed E-state index contributed by atoms with van der Waals surface area (Å²) in [6.45, 7) is 2.52. The van der Waals surface area contributed by atoms with Crippen molar-refractivity contribution in [2.45, 2.75) is 56.8 Å². The Kier molecular flexibility index (Phi) is 9.52. The van der Waals surface area contributed by atoms with Crippen LogP contribution in [0.3, 0.4) is 0 Å². The van der Waals surface area contributed by atoms with Crippen molar-refractivity contribution in [3.05, 3.63) is 95.1 Å². The largest absolute Gasteiger partial charge is 0.295 e. The molecule has 10 heteroatoms. The van der Waals surface area contributed by atoms with Crippen LogP contribution in [0.1, 0.15) is 49.8 Å². The highest BCUT2D eigenvalue weighted by Gasteiger charge is 2.29. The lowest BCUT2D eigenvalue weighted by Gasteiger charge is -2.29. The van der Waals surface area contributed by atoms with E-state index in [-0.39, 0.29) is 17.2 Å². The van der Waals surface area contributed by atoms with E-state index in [2.05, 4.69) is 4.72 Å². The van der Waals surface area contributed by atoms with Crippen LogP contribution in [0.2, 0.25) is 5.02 Å². The van der Waals surface area contributed by atoms with Gasteiger partial charge in [0.2, 0.25) is 11.8 Å². The number of aromatic nitrogens is 2. The Balaban J connectivity index is 1.24. The number of hydrogen-bond donors (Lipinski definition) is 1. The molecule has 43 heavy (non-hydrogen) atoms.